The Kier molecular flexibility index (Phi) is 4.42. The maximum absolute atomic E-state index is 12.1. The first-order chi connectivity index (χ1) is 9.00. The Morgan fingerprint density at radius 2 is 2.00 bits per heavy atom. The summed E-state index contributed by atoms with van der Waals surface area (Å²) in [5, 5.41) is 2.75. The van der Waals surface area contributed by atoms with Gasteiger partial charge in [0, 0.05) is 25.0 Å². The van der Waals surface area contributed by atoms with Crippen molar-refractivity contribution in [1.82, 2.24) is 10.2 Å². The van der Waals surface area contributed by atoms with Crippen molar-refractivity contribution in [3.05, 3.63) is 0 Å². The smallest absolute Gasteiger partial charge is 0.245 e. The van der Waals surface area contributed by atoms with Crippen LogP contribution in [0.1, 0.15) is 32.6 Å². The van der Waals surface area contributed by atoms with Crippen molar-refractivity contribution in [1.29, 1.82) is 0 Å². The quantitative estimate of drug-likeness (QED) is 0.728. The van der Waals surface area contributed by atoms with Crippen molar-refractivity contribution in [3.63, 3.8) is 0 Å². The van der Waals surface area contributed by atoms with E-state index in [4.69, 9.17) is 10.5 Å². The molecule has 0 aromatic heterocycles. The van der Waals surface area contributed by atoms with E-state index in [0.717, 1.165) is 19.3 Å². The van der Waals surface area contributed by atoms with E-state index >= 15 is 0 Å². The molecular weight excluding hydrogens is 246 g/mol. The minimum absolute atomic E-state index is 0.0451. The number of nitrogens with two attached hydrogens (primary N) is 1. The van der Waals surface area contributed by atoms with Crippen LogP contribution in [0.3, 0.4) is 0 Å². The van der Waals surface area contributed by atoms with Gasteiger partial charge in [-0.2, -0.15) is 0 Å². The van der Waals surface area contributed by atoms with Gasteiger partial charge in [0.25, 0.3) is 0 Å². The van der Waals surface area contributed by atoms with Crippen LogP contribution in [0, 0.1) is 0 Å². The lowest BCUT2D eigenvalue weighted by Gasteiger charge is -2.37. The third kappa shape index (κ3) is 3.67. The summed E-state index contributed by atoms with van der Waals surface area (Å²) in [6.45, 7) is 4.05. The molecule has 1 aliphatic heterocycles. The number of amides is 2. The highest BCUT2D eigenvalue weighted by Crippen LogP contribution is 2.31. The molecule has 1 saturated heterocycles. The van der Waals surface area contributed by atoms with Gasteiger partial charge in [-0.15, -0.1) is 0 Å². The third-order valence-electron chi connectivity index (χ3n) is 3.93. The van der Waals surface area contributed by atoms with Crippen LogP contribution in [0.25, 0.3) is 0 Å². The molecule has 1 aliphatic carbocycles. The van der Waals surface area contributed by atoms with Crippen molar-refractivity contribution in [3.8, 4) is 0 Å². The average molecular weight is 269 g/mol. The first kappa shape index (κ1) is 14.3. The van der Waals surface area contributed by atoms with Crippen molar-refractivity contribution in [2.75, 3.05) is 26.3 Å². The van der Waals surface area contributed by atoms with E-state index in [-0.39, 0.29) is 17.4 Å². The number of nitrogens with zero attached hydrogens (tertiary/aromatic N) is 1. The summed E-state index contributed by atoms with van der Waals surface area (Å²) >= 11 is 0. The van der Waals surface area contributed by atoms with E-state index in [2.05, 4.69) is 5.32 Å². The standard InChI is InChI=1S/C13H23N3O3/c1-10(12(18)16-5-7-19-8-6-16)15-11(17)9-13(14)3-2-4-13/h10H,2-9,14H2,1H3,(H,15,17). The molecule has 2 aliphatic rings. The summed E-state index contributed by atoms with van der Waals surface area (Å²) in [5.74, 6) is -0.173. The minimum atomic E-state index is -0.491. The second-order valence-electron chi connectivity index (χ2n) is 5.62. The molecule has 1 atom stereocenters. The fourth-order valence-corrected chi connectivity index (χ4v) is 2.54. The first-order valence-corrected chi connectivity index (χ1v) is 6.95. The number of ether oxygens (including phenoxy) is 1. The molecule has 6 heteroatoms. The molecule has 108 valence electrons. The zero-order chi connectivity index (χ0) is 13.9. The van der Waals surface area contributed by atoms with Crippen LogP contribution < -0.4 is 11.1 Å². The lowest BCUT2D eigenvalue weighted by Crippen LogP contribution is -2.54. The highest BCUT2D eigenvalue weighted by atomic mass is 16.5. The largest absolute Gasteiger partial charge is 0.378 e. The number of morpholine rings is 1. The second kappa shape index (κ2) is 5.88. The van der Waals surface area contributed by atoms with E-state index in [9.17, 15) is 9.59 Å². The Morgan fingerprint density at radius 3 is 2.53 bits per heavy atom. The number of carbonyl (C=O) groups is 2. The van der Waals surface area contributed by atoms with Crippen LogP contribution >= 0.6 is 0 Å². The van der Waals surface area contributed by atoms with E-state index in [0.29, 0.717) is 32.7 Å². The molecule has 2 amide bonds. The third-order valence-corrected chi connectivity index (χ3v) is 3.93. The van der Waals surface area contributed by atoms with Crippen LogP contribution in [-0.2, 0) is 14.3 Å². The lowest BCUT2D eigenvalue weighted by molar-refractivity contribution is -0.139. The molecule has 1 heterocycles. The van der Waals surface area contributed by atoms with Gasteiger partial charge in [-0.3, -0.25) is 9.59 Å². The predicted octanol–water partition coefficient (Wildman–Crippen LogP) is -0.379. The average Bonchev–Trinajstić information content (AvgIpc) is 2.36. The molecule has 0 bridgehead atoms. The van der Waals surface area contributed by atoms with Gasteiger partial charge >= 0.3 is 0 Å². The number of rotatable bonds is 4. The van der Waals surface area contributed by atoms with E-state index in [1.165, 1.54) is 0 Å². The van der Waals surface area contributed by atoms with Gasteiger partial charge in [0.15, 0.2) is 0 Å². The van der Waals surface area contributed by atoms with Crippen molar-refractivity contribution < 1.29 is 14.3 Å². The number of nitrogens with one attached hydrogen (secondary N) is 1. The van der Waals surface area contributed by atoms with Crippen LogP contribution in [0.2, 0.25) is 0 Å². The number of hydrogen-bond acceptors (Lipinski definition) is 4. The Labute approximate surface area is 113 Å². The molecule has 3 N–H and O–H groups in total. The van der Waals surface area contributed by atoms with Gasteiger partial charge in [0.1, 0.15) is 6.04 Å². The second-order valence-corrected chi connectivity index (χ2v) is 5.62. The molecule has 0 spiro atoms. The Hall–Kier alpha value is -1.14. The van der Waals surface area contributed by atoms with Gasteiger partial charge < -0.3 is 20.7 Å². The summed E-state index contributed by atoms with van der Waals surface area (Å²) < 4.78 is 5.20. The number of hydrogen-bond donors (Lipinski definition) is 2. The zero-order valence-corrected chi connectivity index (χ0v) is 11.5. The van der Waals surface area contributed by atoms with Gasteiger partial charge in [0.05, 0.1) is 13.2 Å². The number of carbonyl (C=O) groups excluding carboxylic acids is 2. The molecule has 2 rings (SSSR count). The van der Waals surface area contributed by atoms with Gasteiger partial charge in [-0.05, 0) is 26.2 Å². The summed E-state index contributed by atoms with van der Waals surface area (Å²) in [5.41, 5.74) is 5.68. The van der Waals surface area contributed by atoms with E-state index in [1.807, 2.05) is 0 Å². The normalized spacial score (nSPS) is 23.4. The zero-order valence-electron chi connectivity index (χ0n) is 11.5. The summed E-state index contributed by atoms with van der Waals surface area (Å²) in [7, 11) is 0. The molecule has 1 saturated carbocycles. The molecule has 2 fully saturated rings. The maximum atomic E-state index is 12.1. The van der Waals surface area contributed by atoms with Crippen LogP contribution in [0.5, 0.6) is 0 Å². The summed E-state index contributed by atoms with van der Waals surface area (Å²) in [6, 6.07) is -0.491. The molecule has 0 aromatic carbocycles. The van der Waals surface area contributed by atoms with Gasteiger partial charge in [-0.25, -0.2) is 0 Å². The van der Waals surface area contributed by atoms with Crippen LogP contribution in [-0.4, -0.2) is 54.6 Å². The summed E-state index contributed by atoms with van der Waals surface area (Å²) in [4.78, 5) is 25.7. The van der Waals surface area contributed by atoms with Gasteiger partial charge in [-0.1, -0.05) is 0 Å². The molecule has 0 radical (unpaired) electrons. The van der Waals surface area contributed by atoms with Crippen molar-refractivity contribution >= 4 is 11.8 Å². The monoisotopic (exact) mass is 269 g/mol. The fraction of sp³-hybridized carbons (Fsp3) is 0.846. The van der Waals surface area contributed by atoms with Crippen LogP contribution in [0.15, 0.2) is 0 Å². The maximum Gasteiger partial charge on any atom is 0.245 e. The van der Waals surface area contributed by atoms with Crippen molar-refractivity contribution in [2.24, 2.45) is 5.73 Å². The highest BCUT2D eigenvalue weighted by Gasteiger charge is 2.35. The van der Waals surface area contributed by atoms with E-state index < -0.39 is 6.04 Å². The van der Waals surface area contributed by atoms with Crippen molar-refractivity contribution in [2.45, 2.75) is 44.2 Å². The Morgan fingerprint density at radius 1 is 1.37 bits per heavy atom. The lowest BCUT2D eigenvalue weighted by atomic mass is 9.75. The fourth-order valence-electron chi connectivity index (χ4n) is 2.54. The predicted molar refractivity (Wildman–Crippen MR) is 70.4 cm³/mol. The Bertz CT molecular complexity index is 349. The molecule has 6 nitrogen and oxygen atoms in total. The minimum Gasteiger partial charge on any atom is -0.378 e. The first-order valence-electron chi connectivity index (χ1n) is 6.95. The molecular formula is C13H23N3O3. The van der Waals surface area contributed by atoms with E-state index in [1.54, 1.807) is 11.8 Å². The summed E-state index contributed by atoms with van der Waals surface area (Å²) in [6.07, 6.45) is 3.19. The highest BCUT2D eigenvalue weighted by molar-refractivity contribution is 5.87. The Balaban J connectivity index is 1.77. The topological polar surface area (TPSA) is 84.7 Å². The molecule has 1 unspecified atom stereocenters. The molecule has 0 aromatic rings. The molecule has 19 heavy (non-hydrogen) atoms. The van der Waals surface area contributed by atoms with Gasteiger partial charge in [0.2, 0.25) is 11.8 Å². The van der Waals surface area contributed by atoms with Crippen LogP contribution in [0.4, 0.5) is 0 Å². The SMILES string of the molecule is CC(NC(=O)CC1(N)CCC1)C(=O)N1CCOCC1.